The number of carbonyl (C=O) groups is 2. The number of nitrogens with zero attached hydrogens (tertiary/aromatic N) is 3. The first kappa shape index (κ1) is 18.9. The Morgan fingerprint density at radius 1 is 1.14 bits per heavy atom. The highest BCUT2D eigenvalue weighted by Crippen LogP contribution is 2.25. The van der Waals surface area contributed by atoms with Crippen molar-refractivity contribution in [2.45, 2.75) is 12.5 Å². The predicted octanol–water partition coefficient (Wildman–Crippen LogP) is 4.13. The summed E-state index contributed by atoms with van der Waals surface area (Å²) in [4.78, 5) is 29.5. The van der Waals surface area contributed by atoms with Crippen molar-refractivity contribution in [2.24, 2.45) is 7.05 Å². The number of amides is 1. The molecule has 0 aliphatic heterocycles. The summed E-state index contributed by atoms with van der Waals surface area (Å²) < 4.78 is 3.71. The molecule has 0 aliphatic carbocycles. The van der Waals surface area contributed by atoms with E-state index in [9.17, 15) is 9.59 Å². The number of imidazole rings is 1. The zero-order chi connectivity index (χ0) is 20.2. The van der Waals surface area contributed by atoms with Crippen LogP contribution in [0.1, 0.15) is 34.2 Å². The Kier molecular flexibility index (Phi) is 5.39. The van der Waals surface area contributed by atoms with Crippen molar-refractivity contribution in [3.8, 4) is 0 Å². The number of aryl methyl sites for hydroxylation is 1. The molecular weight excluding hydrogens is 384 g/mol. The van der Waals surface area contributed by atoms with E-state index in [1.807, 2.05) is 40.5 Å². The number of benzene rings is 1. The molecule has 3 aromatic heterocycles. The van der Waals surface area contributed by atoms with Crippen molar-refractivity contribution in [1.29, 1.82) is 0 Å². The smallest absolute Gasteiger partial charge is 0.228 e. The van der Waals surface area contributed by atoms with E-state index in [1.165, 1.54) is 0 Å². The third-order valence-corrected chi connectivity index (χ3v) is 5.43. The highest BCUT2D eigenvalue weighted by molar-refractivity contribution is 7.08. The number of aromatic nitrogens is 3. The molecule has 6 nitrogen and oxygen atoms in total. The van der Waals surface area contributed by atoms with E-state index in [0.29, 0.717) is 23.5 Å². The summed E-state index contributed by atoms with van der Waals surface area (Å²) in [5.41, 5.74) is 2.17. The molecule has 3 heterocycles. The first-order chi connectivity index (χ1) is 14.1. The monoisotopic (exact) mass is 404 g/mol. The van der Waals surface area contributed by atoms with E-state index >= 15 is 0 Å². The number of hydrogen-bond acceptors (Lipinski definition) is 4. The standard InChI is InChI=1S/C22H20N4O2S/c1-25-11-8-23-22(25)21(28)16-5-4-6-18(13-16)24-20(27)14-19(17-7-12-29-15-17)26-9-2-3-10-26/h2-13,15,19H,14H2,1H3,(H,24,27)/t19-/m0/s1. The van der Waals surface area contributed by atoms with Gasteiger partial charge < -0.3 is 14.5 Å². The number of ketones is 1. The minimum atomic E-state index is -0.183. The predicted molar refractivity (Wildman–Crippen MR) is 113 cm³/mol. The van der Waals surface area contributed by atoms with Crippen LogP contribution in [0.5, 0.6) is 0 Å². The van der Waals surface area contributed by atoms with Gasteiger partial charge in [-0.1, -0.05) is 12.1 Å². The minimum Gasteiger partial charge on any atom is -0.346 e. The normalized spacial score (nSPS) is 11.9. The number of thiophene rings is 1. The van der Waals surface area contributed by atoms with E-state index in [-0.39, 0.29) is 17.7 Å². The Balaban J connectivity index is 1.50. The van der Waals surface area contributed by atoms with Crippen LogP contribution in [0.4, 0.5) is 5.69 Å². The maximum Gasteiger partial charge on any atom is 0.228 e. The molecule has 0 saturated heterocycles. The summed E-state index contributed by atoms with van der Waals surface area (Å²) >= 11 is 1.61. The van der Waals surface area contributed by atoms with Crippen LogP contribution < -0.4 is 5.32 Å². The Morgan fingerprint density at radius 3 is 2.66 bits per heavy atom. The lowest BCUT2D eigenvalue weighted by Crippen LogP contribution is -2.19. The lowest BCUT2D eigenvalue weighted by atomic mass is 10.1. The molecule has 1 N–H and O–H groups in total. The lowest BCUT2D eigenvalue weighted by molar-refractivity contribution is -0.116. The Hall–Kier alpha value is -3.45. The van der Waals surface area contributed by atoms with Gasteiger partial charge in [0.25, 0.3) is 0 Å². The van der Waals surface area contributed by atoms with E-state index in [1.54, 1.807) is 59.6 Å². The quantitative estimate of drug-likeness (QED) is 0.471. The molecule has 146 valence electrons. The summed E-state index contributed by atoms with van der Waals surface area (Å²) in [5, 5.41) is 6.99. The van der Waals surface area contributed by atoms with Gasteiger partial charge in [0, 0.05) is 43.1 Å². The molecule has 0 spiro atoms. The zero-order valence-electron chi connectivity index (χ0n) is 15.9. The first-order valence-electron chi connectivity index (χ1n) is 9.18. The van der Waals surface area contributed by atoms with E-state index in [0.717, 1.165) is 5.56 Å². The van der Waals surface area contributed by atoms with Gasteiger partial charge in [-0.05, 0) is 46.7 Å². The average molecular weight is 404 g/mol. The van der Waals surface area contributed by atoms with Crippen LogP contribution in [0.25, 0.3) is 0 Å². The van der Waals surface area contributed by atoms with Gasteiger partial charge in [0.15, 0.2) is 5.82 Å². The Morgan fingerprint density at radius 2 is 1.97 bits per heavy atom. The Bertz CT molecular complexity index is 1080. The van der Waals surface area contributed by atoms with Crippen LogP contribution in [0.15, 0.2) is 78.0 Å². The SMILES string of the molecule is Cn1ccnc1C(=O)c1cccc(NC(=O)C[C@@H](c2ccsc2)n2cccc2)c1. The third-order valence-electron chi connectivity index (χ3n) is 4.73. The van der Waals surface area contributed by atoms with Crippen LogP contribution in [0.3, 0.4) is 0 Å². The summed E-state index contributed by atoms with van der Waals surface area (Å²) in [6.45, 7) is 0. The Labute approximate surface area is 172 Å². The van der Waals surface area contributed by atoms with Crippen molar-refractivity contribution in [2.75, 3.05) is 5.32 Å². The molecule has 0 saturated carbocycles. The molecule has 0 radical (unpaired) electrons. The van der Waals surface area contributed by atoms with Crippen LogP contribution in [0, 0.1) is 0 Å². The number of carbonyl (C=O) groups excluding carboxylic acids is 2. The summed E-state index contributed by atoms with van der Waals surface area (Å²) in [6, 6.07) is 12.8. The lowest BCUT2D eigenvalue weighted by Gasteiger charge is -2.18. The van der Waals surface area contributed by atoms with Gasteiger partial charge >= 0.3 is 0 Å². The second kappa shape index (κ2) is 8.28. The van der Waals surface area contributed by atoms with Crippen molar-refractivity contribution in [1.82, 2.24) is 14.1 Å². The van der Waals surface area contributed by atoms with Gasteiger partial charge in [-0.3, -0.25) is 9.59 Å². The fourth-order valence-corrected chi connectivity index (χ4v) is 3.96. The minimum absolute atomic E-state index is 0.0753. The molecule has 4 aromatic rings. The number of rotatable bonds is 7. The maximum atomic E-state index is 12.8. The highest BCUT2D eigenvalue weighted by atomic mass is 32.1. The first-order valence-corrected chi connectivity index (χ1v) is 10.1. The van der Waals surface area contributed by atoms with Gasteiger partial charge in [0.2, 0.25) is 11.7 Å². The van der Waals surface area contributed by atoms with Gasteiger partial charge in [-0.25, -0.2) is 4.98 Å². The van der Waals surface area contributed by atoms with Crippen molar-refractivity contribution in [3.05, 3.63) is 95.0 Å². The van der Waals surface area contributed by atoms with Crippen LogP contribution in [-0.2, 0) is 11.8 Å². The fraction of sp³-hybridized carbons (Fsp3) is 0.136. The van der Waals surface area contributed by atoms with Crippen molar-refractivity contribution < 1.29 is 9.59 Å². The van der Waals surface area contributed by atoms with Crippen molar-refractivity contribution in [3.63, 3.8) is 0 Å². The number of hydrogen-bond donors (Lipinski definition) is 1. The molecule has 0 fully saturated rings. The zero-order valence-corrected chi connectivity index (χ0v) is 16.7. The molecule has 1 aromatic carbocycles. The van der Waals surface area contributed by atoms with E-state index in [4.69, 9.17) is 0 Å². The summed E-state index contributed by atoms with van der Waals surface area (Å²) in [6.07, 6.45) is 7.53. The number of anilines is 1. The average Bonchev–Trinajstić information content (AvgIpc) is 3.48. The molecule has 0 aliphatic rings. The molecule has 1 atom stereocenters. The van der Waals surface area contributed by atoms with Crippen LogP contribution in [-0.4, -0.2) is 25.8 Å². The summed E-state index contributed by atoms with van der Waals surface area (Å²) in [5.74, 6) is 0.0622. The van der Waals surface area contributed by atoms with Gasteiger partial charge in [0.05, 0.1) is 12.5 Å². The molecular formula is C22H20N4O2S. The molecule has 0 bridgehead atoms. The molecule has 29 heavy (non-hydrogen) atoms. The molecule has 4 rings (SSSR count). The second-order valence-electron chi connectivity index (χ2n) is 6.73. The van der Waals surface area contributed by atoms with Gasteiger partial charge in [-0.2, -0.15) is 11.3 Å². The molecule has 0 unspecified atom stereocenters. The summed E-state index contributed by atoms with van der Waals surface area (Å²) in [7, 11) is 1.78. The molecule has 7 heteroatoms. The van der Waals surface area contributed by atoms with Crippen LogP contribution in [0.2, 0.25) is 0 Å². The maximum absolute atomic E-state index is 12.8. The molecule has 1 amide bonds. The topological polar surface area (TPSA) is 68.9 Å². The van der Waals surface area contributed by atoms with Crippen molar-refractivity contribution >= 4 is 28.7 Å². The van der Waals surface area contributed by atoms with E-state index < -0.39 is 0 Å². The van der Waals surface area contributed by atoms with E-state index in [2.05, 4.69) is 15.7 Å². The third kappa shape index (κ3) is 4.20. The highest BCUT2D eigenvalue weighted by Gasteiger charge is 2.19. The van der Waals surface area contributed by atoms with Gasteiger partial charge in [0.1, 0.15) is 0 Å². The van der Waals surface area contributed by atoms with Crippen LogP contribution >= 0.6 is 11.3 Å². The number of nitrogens with one attached hydrogen (secondary N) is 1. The second-order valence-corrected chi connectivity index (χ2v) is 7.51. The largest absolute Gasteiger partial charge is 0.346 e. The van der Waals surface area contributed by atoms with Gasteiger partial charge in [-0.15, -0.1) is 0 Å². The fourth-order valence-electron chi connectivity index (χ4n) is 3.25.